The van der Waals surface area contributed by atoms with Crippen LogP contribution in [0.1, 0.15) is 200 Å². The zero-order valence-corrected chi connectivity index (χ0v) is 38.0. The Morgan fingerprint density at radius 2 is 0.898 bits per heavy atom. The van der Waals surface area contributed by atoms with Crippen LogP contribution in [0.25, 0.3) is 0 Å². The Kier molecular flexibility index (Phi) is 40.3. The largest absolute Gasteiger partial charge is 0.480 e. The molecule has 0 aliphatic rings. The maximum Gasteiger partial charge on any atom is 0.472 e. The van der Waals surface area contributed by atoms with Gasteiger partial charge < -0.3 is 25.2 Å². The third kappa shape index (κ3) is 41.9. The summed E-state index contributed by atoms with van der Waals surface area (Å²) in [7, 11) is -4.72. The molecule has 3 atom stereocenters. The van der Waals surface area contributed by atoms with Crippen molar-refractivity contribution in [1.82, 2.24) is 0 Å². The number of carbonyl (C=O) groups is 3. The number of hydrogen-bond donors (Lipinski definition) is 3. The zero-order valence-electron chi connectivity index (χ0n) is 37.1. The molecule has 0 fully saturated rings. The molecule has 0 radical (unpaired) electrons. The summed E-state index contributed by atoms with van der Waals surface area (Å²) in [6.45, 7) is 2.75. The first-order chi connectivity index (χ1) is 28.6. The second-order valence-electron chi connectivity index (χ2n) is 15.5. The fraction of sp³-hybridized carbons (Fsp3) is 0.766. The van der Waals surface area contributed by atoms with Gasteiger partial charge in [-0.25, -0.2) is 4.57 Å². The first-order valence-corrected chi connectivity index (χ1v) is 24.7. The average Bonchev–Trinajstić information content (AvgIpc) is 3.21. The van der Waals surface area contributed by atoms with E-state index in [4.69, 9.17) is 24.8 Å². The highest BCUT2D eigenvalue weighted by molar-refractivity contribution is 7.47. The molecule has 0 spiro atoms. The Balaban J connectivity index is 4.35. The third-order valence-corrected chi connectivity index (χ3v) is 10.8. The van der Waals surface area contributed by atoms with Crippen molar-refractivity contribution in [2.75, 3.05) is 19.8 Å². The number of carbonyl (C=O) groups excluding carboxylic acids is 2. The monoisotopic (exact) mass is 854 g/mol. The van der Waals surface area contributed by atoms with Gasteiger partial charge in [-0.15, -0.1) is 0 Å². The normalized spacial score (nSPS) is 14.1. The summed E-state index contributed by atoms with van der Waals surface area (Å²) in [6.07, 6.45) is 47.3. The van der Waals surface area contributed by atoms with Gasteiger partial charge in [0.05, 0.1) is 13.2 Å². The van der Waals surface area contributed by atoms with Crippen molar-refractivity contribution in [1.29, 1.82) is 0 Å². The molecule has 12 heteroatoms. The number of hydrogen-bond acceptors (Lipinski definition) is 9. The van der Waals surface area contributed by atoms with Gasteiger partial charge in [0.25, 0.3) is 0 Å². The summed E-state index contributed by atoms with van der Waals surface area (Å²) in [5.41, 5.74) is 5.34. The molecule has 4 N–H and O–H groups in total. The van der Waals surface area contributed by atoms with E-state index in [1.54, 1.807) is 0 Å². The second-order valence-corrected chi connectivity index (χ2v) is 17.0. The van der Waals surface area contributed by atoms with Crippen LogP contribution in [0.4, 0.5) is 0 Å². The number of nitrogens with two attached hydrogens (primary N) is 1. The van der Waals surface area contributed by atoms with Crippen LogP contribution >= 0.6 is 7.82 Å². The van der Waals surface area contributed by atoms with Gasteiger partial charge in [-0.05, 0) is 77.0 Å². The highest BCUT2D eigenvalue weighted by atomic mass is 31.2. The van der Waals surface area contributed by atoms with Gasteiger partial charge in [-0.3, -0.25) is 23.4 Å². The van der Waals surface area contributed by atoms with E-state index in [-0.39, 0.29) is 19.4 Å². The molecule has 11 nitrogen and oxygen atoms in total. The lowest BCUT2D eigenvalue weighted by Crippen LogP contribution is -2.34. The van der Waals surface area contributed by atoms with Crippen LogP contribution < -0.4 is 5.73 Å². The second kappa shape index (κ2) is 42.1. The predicted octanol–water partition coefficient (Wildman–Crippen LogP) is 12.6. The number of rotatable bonds is 43. The van der Waals surface area contributed by atoms with E-state index in [9.17, 15) is 23.8 Å². The quantitative estimate of drug-likeness (QED) is 0.0231. The Labute approximate surface area is 358 Å². The minimum absolute atomic E-state index is 0.150. The van der Waals surface area contributed by atoms with Crippen molar-refractivity contribution in [2.24, 2.45) is 5.73 Å². The highest BCUT2D eigenvalue weighted by Crippen LogP contribution is 2.43. The van der Waals surface area contributed by atoms with Crippen molar-refractivity contribution in [2.45, 2.75) is 212 Å². The number of aliphatic carboxylic acids is 1. The summed E-state index contributed by atoms with van der Waals surface area (Å²) < 4.78 is 32.7. The lowest BCUT2D eigenvalue weighted by atomic mass is 10.1. The first kappa shape index (κ1) is 56.4. The van der Waals surface area contributed by atoms with Gasteiger partial charge in [-0.1, -0.05) is 159 Å². The number of phosphoric ester groups is 1. The Morgan fingerprint density at radius 3 is 1.36 bits per heavy atom. The average molecular weight is 854 g/mol. The molecule has 0 saturated carbocycles. The minimum atomic E-state index is -4.72. The molecule has 0 heterocycles. The van der Waals surface area contributed by atoms with E-state index in [0.717, 1.165) is 70.6 Å². The highest BCUT2D eigenvalue weighted by Gasteiger charge is 2.28. The van der Waals surface area contributed by atoms with Crippen molar-refractivity contribution >= 4 is 25.7 Å². The molecule has 0 aromatic heterocycles. The van der Waals surface area contributed by atoms with Gasteiger partial charge in [0.2, 0.25) is 0 Å². The van der Waals surface area contributed by atoms with Crippen LogP contribution in [0.15, 0.2) is 48.6 Å². The minimum Gasteiger partial charge on any atom is -0.480 e. The molecule has 0 bridgehead atoms. The molecule has 0 aromatic carbocycles. The number of unbranched alkanes of at least 4 members (excludes halogenated alkanes) is 21. The molecule has 59 heavy (non-hydrogen) atoms. The van der Waals surface area contributed by atoms with Gasteiger partial charge in [0, 0.05) is 12.8 Å². The third-order valence-electron chi connectivity index (χ3n) is 9.80. The zero-order chi connectivity index (χ0) is 43.5. The van der Waals surface area contributed by atoms with Crippen LogP contribution in [0.2, 0.25) is 0 Å². The summed E-state index contributed by atoms with van der Waals surface area (Å²) in [4.78, 5) is 46.0. The van der Waals surface area contributed by atoms with Crippen molar-refractivity contribution in [3.63, 3.8) is 0 Å². The van der Waals surface area contributed by atoms with Crippen LogP contribution in [0.5, 0.6) is 0 Å². The maximum atomic E-state index is 12.7. The molecule has 0 rings (SSSR count). The van der Waals surface area contributed by atoms with Gasteiger partial charge in [0.1, 0.15) is 12.6 Å². The number of ether oxygens (including phenoxy) is 2. The number of carboxylic acids is 1. The predicted molar refractivity (Wildman–Crippen MR) is 240 cm³/mol. The molecule has 342 valence electrons. The van der Waals surface area contributed by atoms with Crippen LogP contribution in [0.3, 0.4) is 0 Å². The Bertz CT molecular complexity index is 1190. The molecule has 0 saturated heterocycles. The molecule has 0 aliphatic heterocycles. The lowest BCUT2D eigenvalue weighted by Gasteiger charge is -2.20. The molecule has 0 aromatic rings. The van der Waals surface area contributed by atoms with Crippen LogP contribution in [-0.4, -0.2) is 59.9 Å². The summed E-state index contributed by atoms with van der Waals surface area (Å²) >= 11 is 0. The molecular formula is C47H84NO10P. The van der Waals surface area contributed by atoms with E-state index in [0.29, 0.717) is 12.8 Å². The number of esters is 2. The van der Waals surface area contributed by atoms with E-state index in [1.807, 2.05) is 0 Å². The van der Waals surface area contributed by atoms with Crippen molar-refractivity contribution in [3.05, 3.63) is 48.6 Å². The summed E-state index contributed by atoms with van der Waals surface area (Å²) in [5.74, 6) is -2.40. The van der Waals surface area contributed by atoms with E-state index < -0.39 is 51.1 Å². The topological polar surface area (TPSA) is 172 Å². The lowest BCUT2D eigenvalue weighted by molar-refractivity contribution is -0.161. The molecule has 3 unspecified atom stereocenters. The SMILES string of the molecule is CCCCC/C=C\C/C=C\CCCCCCCCCC(=O)OCC(COP(=O)(O)OCC(N)C(=O)O)OC(=O)CCCCCCCCC/C=C\C/C=C\CCCCCC. The van der Waals surface area contributed by atoms with Crippen molar-refractivity contribution in [3.8, 4) is 0 Å². The van der Waals surface area contributed by atoms with E-state index in [1.165, 1.54) is 89.9 Å². The number of carboxylic acid groups (broad SMARTS) is 1. The van der Waals surface area contributed by atoms with Crippen molar-refractivity contribution < 1.29 is 47.5 Å². The number of phosphoric acid groups is 1. The molecule has 0 amide bonds. The van der Waals surface area contributed by atoms with E-state index >= 15 is 0 Å². The molecule has 0 aliphatic carbocycles. The van der Waals surface area contributed by atoms with Gasteiger partial charge >= 0.3 is 25.7 Å². The summed E-state index contributed by atoms with van der Waals surface area (Å²) in [6, 6.07) is -1.53. The van der Waals surface area contributed by atoms with Gasteiger partial charge in [0.15, 0.2) is 6.10 Å². The standard InChI is InChI=1S/C47H84NO10P/c1-3-5-7-9-11-13-15-17-19-21-23-25-27-29-31-33-35-37-39-46(50)58-43(41-56-59(53,54)57-42-44(48)47(51)52)40-55-45(49)38-36-34-32-30-28-26-24-22-20-18-16-14-12-10-8-6-4-2/h12-15,18-21,43-44H,3-11,16-17,22-42,48H2,1-2H3,(H,51,52)(H,53,54)/b14-12-,15-13-,20-18-,21-19-. The maximum absolute atomic E-state index is 12.7. The molecular weight excluding hydrogens is 769 g/mol. The van der Waals surface area contributed by atoms with E-state index in [2.05, 4.69) is 67.0 Å². The number of allylic oxidation sites excluding steroid dienone is 8. The smallest absolute Gasteiger partial charge is 0.472 e. The van der Waals surface area contributed by atoms with Crippen LogP contribution in [0, 0.1) is 0 Å². The Hall–Kier alpha value is -2.56. The fourth-order valence-electron chi connectivity index (χ4n) is 6.12. The van der Waals surface area contributed by atoms with Crippen LogP contribution in [-0.2, 0) is 37.5 Å². The fourth-order valence-corrected chi connectivity index (χ4v) is 6.90. The summed E-state index contributed by atoms with van der Waals surface area (Å²) in [5, 5.41) is 8.90. The first-order valence-electron chi connectivity index (χ1n) is 23.2. The van der Waals surface area contributed by atoms with Gasteiger partial charge in [-0.2, -0.15) is 0 Å². The Morgan fingerprint density at radius 1 is 0.525 bits per heavy atom.